The first-order valence-corrected chi connectivity index (χ1v) is 22.9. The van der Waals surface area contributed by atoms with Crippen molar-refractivity contribution in [1.82, 2.24) is 19.5 Å². The fourth-order valence-electron chi connectivity index (χ4n) is 7.12. The summed E-state index contributed by atoms with van der Waals surface area (Å²) in [7, 11) is -1.23. The van der Waals surface area contributed by atoms with Crippen molar-refractivity contribution in [1.29, 1.82) is 0 Å². The number of hydrogen-bond donors (Lipinski definition) is 0. The maximum absolute atomic E-state index is 6.28. The van der Waals surface area contributed by atoms with Crippen LogP contribution < -0.4 is 5.19 Å². The van der Waals surface area contributed by atoms with Crippen LogP contribution in [0.25, 0.3) is 81.6 Å². The number of pyridine rings is 2. The van der Waals surface area contributed by atoms with E-state index in [1.165, 1.54) is 30.9 Å². The molecule has 5 heterocycles. The molecule has 10 aromatic rings. The van der Waals surface area contributed by atoms with Gasteiger partial charge in [-0.1, -0.05) is 93.8 Å². The number of aromatic nitrogens is 4. The summed E-state index contributed by atoms with van der Waals surface area (Å²) in [6.45, 7) is 13.8. The monoisotopic (exact) mass is 941 g/mol. The fourth-order valence-corrected chi connectivity index (χ4v) is 9.33. The van der Waals surface area contributed by atoms with E-state index in [0.29, 0.717) is 5.71 Å². The molecule has 0 aliphatic carbocycles. The number of para-hydroxylation sites is 2. The molecule has 0 spiro atoms. The standard InChI is InChI=1S/C34H24N3OS.C14H16NSi.Ir/c1-34(2,3)20-13-15-22-23-16-14-21(19-30(23)39-29(22)18-20)37-28-12-5-4-11-27(28)36-32(37)26-9-6-8-24-25-10-7-17-35-33(25)38-31(24)26;1-16(2,3)13-9-10-14(15-11-13)12-7-5-4-6-8-12;/h4-8,10-19H,1-3H3;4-7,9-11H,1-3H3;/q2*-1;. The van der Waals surface area contributed by atoms with Crippen LogP contribution in [-0.4, -0.2) is 27.6 Å². The van der Waals surface area contributed by atoms with Gasteiger partial charge in [0.05, 0.1) is 30.5 Å². The average molecular weight is 941 g/mol. The molecule has 1 radical (unpaired) electrons. The molecule has 279 valence electrons. The van der Waals surface area contributed by atoms with Gasteiger partial charge in [-0.3, -0.25) is 4.98 Å². The van der Waals surface area contributed by atoms with E-state index in [1.807, 2.05) is 72.1 Å². The van der Waals surface area contributed by atoms with E-state index in [0.717, 1.165) is 55.7 Å². The Labute approximate surface area is 345 Å². The van der Waals surface area contributed by atoms with Crippen LogP contribution in [0.15, 0.2) is 138 Å². The molecule has 5 aromatic heterocycles. The largest absolute Gasteiger partial charge is 0.486 e. The third kappa shape index (κ3) is 6.92. The second-order valence-corrected chi connectivity index (χ2v) is 22.2. The van der Waals surface area contributed by atoms with E-state index in [1.54, 1.807) is 6.20 Å². The number of thiophene rings is 1. The van der Waals surface area contributed by atoms with Gasteiger partial charge in [-0.2, -0.15) is 0 Å². The van der Waals surface area contributed by atoms with E-state index in [4.69, 9.17) is 9.40 Å². The molecule has 0 unspecified atom stereocenters. The molecule has 0 aliphatic rings. The molecule has 0 atom stereocenters. The van der Waals surface area contributed by atoms with Crippen LogP contribution in [0.5, 0.6) is 0 Å². The first-order valence-electron chi connectivity index (χ1n) is 18.6. The first-order chi connectivity index (χ1) is 26.5. The van der Waals surface area contributed by atoms with Crippen LogP contribution >= 0.6 is 11.3 Å². The smallest absolute Gasteiger partial charge is 0.216 e. The Morgan fingerprint density at radius 3 is 2.25 bits per heavy atom. The Bertz CT molecular complexity index is 3010. The van der Waals surface area contributed by atoms with Crippen molar-refractivity contribution in [3.8, 4) is 28.3 Å². The Kier molecular flexibility index (Phi) is 9.88. The van der Waals surface area contributed by atoms with Gasteiger partial charge in [-0.15, -0.1) is 65.4 Å². The summed E-state index contributed by atoms with van der Waals surface area (Å²) >= 11 is 1.85. The van der Waals surface area contributed by atoms with Gasteiger partial charge in [0.2, 0.25) is 5.71 Å². The van der Waals surface area contributed by atoms with E-state index in [9.17, 15) is 0 Å². The summed E-state index contributed by atoms with van der Waals surface area (Å²) in [4.78, 5) is 14.1. The van der Waals surface area contributed by atoms with E-state index < -0.39 is 8.07 Å². The summed E-state index contributed by atoms with van der Waals surface area (Å²) in [6, 6.07) is 48.7. The quantitative estimate of drug-likeness (QED) is 0.130. The minimum absolute atomic E-state index is 0. The van der Waals surface area contributed by atoms with Crippen molar-refractivity contribution >= 4 is 77.9 Å². The Morgan fingerprint density at radius 2 is 1.50 bits per heavy atom. The molecular formula is C48H40IrN4OSSi-2. The molecule has 0 amide bonds. The third-order valence-electron chi connectivity index (χ3n) is 10.2. The second-order valence-electron chi connectivity index (χ2n) is 16.0. The van der Waals surface area contributed by atoms with Crippen LogP contribution in [0.1, 0.15) is 26.3 Å². The molecule has 0 N–H and O–H groups in total. The van der Waals surface area contributed by atoms with Crippen molar-refractivity contribution < 1.29 is 24.5 Å². The summed E-state index contributed by atoms with van der Waals surface area (Å²) in [5.41, 5.74) is 8.77. The molecular weight excluding hydrogens is 901 g/mol. The number of benzene rings is 5. The molecule has 0 aliphatic heterocycles. The first kappa shape index (κ1) is 37.7. The second kappa shape index (κ2) is 14.7. The zero-order chi connectivity index (χ0) is 37.9. The average Bonchev–Trinajstić information content (AvgIpc) is 3.88. The normalized spacial score (nSPS) is 12.0. The van der Waals surface area contributed by atoms with Crippen LogP contribution in [0.2, 0.25) is 19.6 Å². The topological polar surface area (TPSA) is 56.7 Å². The molecule has 5 nitrogen and oxygen atoms in total. The summed E-state index contributed by atoms with van der Waals surface area (Å²) in [6.07, 6.45) is 3.77. The zero-order valence-corrected chi connectivity index (χ0v) is 36.4. The number of rotatable bonds is 4. The van der Waals surface area contributed by atoms with Crippen LogP contribution in [0.3, 0.4) is 0 Å². The van der Waals surface area contributed by atoms with Crippen molar-refractivity contribution in [2.45, 2.75) is 45.8 Å². The molecule has 8 heteroatoms. The van der Waals surface area contributed by atoms with Crippen molar-refractivity contribution in [2.24, 2.45) is 0 Å². The van der Waals surface area contributed by atoms with Crippen molar-refractivity contribution in [2.75, 3.05) is 0 Å². The summed E-state index contributed by atoms with van der Waals surface area (Å²) in [5.74, 6) is 0.802. The molecule has 10 rings (SSSR count). The van der Waals surface area contributed by atoms with Gasteiger partial charge in [0.25, 0.3) is 0 Å². The number of hydrogen-bond acceptors (Lipinski definition) is 5. The summed E-state index contributed by atoms with van der Waals surface area (Å²) in [5, 5.41) is 5.99. The van der Waals surface area contributed by atoms with Gasteiger partial charge in [-0.25, -0.2) is 4.98 Å². The fraction of sp³-hybridized carbons (Fsp3) is 0.146. The molecule has 0 fully saturated rings. The number of nitrogens with zero attached hydrogens (tertiary/aromatic N) is 4. The maximum atomic E-state index is 6.28. The SMILES string of the molecule is CC(C)(C)c1ccc2c(c1)sc1cc(-n3c(-c4[c-]ccc5c4oc4ncccc45)nc4ccccc43)ccc12.C[Si](C)(C)c1ccc(-c2[c-]cccc2)nc1.[Ir]. The van der Waals surface area contributed by atoms with Crippen LogP contribution in [0.4, 0.5) is 0 Å². The molecule has 0 saturated heterocycles. The van der Waals surface area contributed by atoms with E-state index >= 15 is 0 Å². The van der Waals surface area contributed by atoms with Gasteiger partial charge >= 0.3 is 0 Å². The minimum Gasteiger partial charge on any atom is -0.486 e. The van der Waals surface area contributed by atoms with Gasteiger partial charge in [-0.05, 0) is 64.3 Å². The molecule has 0 bridgehead atoms. The van der Waals surface area contributed by atoms with E-state index in [2.05, 4.69) is 134 Å². The predicted molar refractivity (Wildman–Crippen MR) is 233 cm³/mol. The minimum atomic E-state index is -1.23. The molecule has 56 heavy (non-hydrogen) atoms. The number of furan rings is 1. The third-order valence-corrected chi connectivity index (χ3v) is 13.3. The van der Waals surface area contributed by atoms with Crippen LogP contribution in [-0.2, 0) is 25.5 Å². The molecule has 5 aromatic carbocycles. The predicted octanol–water partition coefficient (Wildman–Crippen LogP) is 12.5. The Morgan fingerprint density at radius 1 is 0.714 bits per heavy atom. The zero-order valence-electron chi connectivity index (χ0n) is 32.1. The number of fused-ring (bicyclic) bond motifs is 7. The maximum Gasteiger partial charge on any atom is 0.216 e. The Hall–Kier alpha value is -5.24. The van der Waals surface area contributed by atoms with Crippen LogP contribution in [0, 0.1) is 12.1 Å². The van der Waals surface area contributed by atoms with Gasteiger partial charge in [0.15, 0.2) is 0 Å². The number of imidazole rings is 1. The van der Waals surface area contributed by atoms with Gasteiger partial charge in [0.1, 0.15) is 0 Å². The van der Waals surface area contributed by atoms with Crippen molar-refractivity contribution in [3.05, 3.63) is 151 Å². The molecule has 0 saturated carbocycles. The van der Waals surface area contributed by atoms with Gasteiger partial charge < -0.3 is 14.0 Å². The summed E-state index contributed by atoms with van der Waals surface area (Å²) < 4.78 is 11.1. The van der Waals surface area contributed by atoms with Gasteiger partial charge in [0, 0.05) is 63.7 Å². The Balaban J connectivity index is 0.000000219. The van der Waals surface area contributed by atoms with Crippen molar-refractivity contribution in [3.63, 3.8) is 0 Å². The van der Waals surface area contributed by atoms with E-state index in [-0.39, 0.29) is 25.5 Å².